The standard InChI is InChI=1S/C17H23NO7S/c1-16(2)21-9-10(23-16)12-13-14(25-17(3,4)24-13)15(22-12)26(19,20)11-7-5-6-8-18-11/h5-8,10,12-15H,9H2,1-4H3/t10-,12-,13+,14+,15?/m1/s1. The molecule has 3 aliphatic heterocycles. The fourth-order valence-electron chi connectivity index (χ4n) is 3.65. The van der Waals surface area contributed by atoms with Gasteiger partial charge in [0, 0.05) is 6.20 Å². The third kappa shape index (κ3) is 3.06. The first-order valence-electron chi connectivity index (χ1n) is 8.57. The molecule has 9 heteroatoms. The smallest absolute Gasteiger partial charge is 0.225 e. The molecule has 3 aliphatic rings. The van der Waals surface area contributed by atoms with E-state index < -0.39 is 51.3 Å². The molecule has 4 rings (SSSR count). The van der Waals surface area contributed by atoms with E-state index in [1.807, 2.05) is 0 Å². The van der Waals surface area contributed by atoms with Gasteiger partial charge in [-0.3, -0.25) is 0 Å². The first-order valence-corrected chi connectivity index (χ1v) is 10.1. The van der Waals surface area contributed by atoms with Crippen LogP contribution in [0.5, 0.6) is 0 Å². The molecule has 1 aromatic heterocycles. The highest BCUT2D eigenvalue weighted by molar-refractivity contribution is 7.91. The van der Waals surface area contributed by atoms with Crippen LogP contribution in [0.4, 0.5) is 0 Å². The molecule has 0 aromatic carbocycles. The highest BCUT2D eigenvalue weighted by Crippen LogP contribution is 2.44. The molecule has 0 bridgehead atoms. The Balaban J connectivity index is 1.66. The van der Waals surface area contributed by atoms with Gasteiger partial charge in [-0.05, 0) is 39.8 Å². The molecule has 0 amide bonds. The maximum absolute atomic E-state index is 13.1. The molecule has 0 saturated carbocycles. The molecule has 4 heterocycles. The highest BCUT2D eigenvalue weighted by Gasteiger charge is 2.62. The van der Waals surface area contributed by atoms with E-state index in [-0.39, 0.29) is 5.03 Å². The molecule has 5 atom stereocenters. The van der Waals surface area contributed by atoms with E-state index in [1.54, 1.807) is 39.8 Å². The second kappa shape index (κ2) is 5.95. The van der Waals surface area contributed by atoms with Gasteiger partial charge in [-0.1, -0.05) is 6.07 Å². The number of aromatic nitrogens is 1. The van der Waals surface area contributed by atoms with Crippen molar-refractivity contribution in [1.29, 1.82) is 0 Å². The van der Waals surface area contributed by atoms with E-state index in [1.165, 1.54) is 12.3 Å². The topological polar surface area (TPSA) is 93.2 Å². The van der Waals surface area contributed by atoms with Gasteiger partial charge in [-0.2, -0.15) is 0 Å². The number of hydrogen-bond acceptors (Lipinski definition) is 8. The summed E-state index contributed by atoms with van der Waals surface area (Å²) in [4.78, 5) is 3.97. The van der Waals surface area contributed by atoms with E-state index in [0.29, 0.717) is 6.61 Å². The Morgan fingerprint density at radius 3 is 2.35 bits per heavy atom. The lowest BCUT2D eigenvalue weighted by Gasteiger charge is -2.26. The lowest BCUT2D eigenvalue weighted by atomic mass is 10.1. The minimum Gasteiger partial charge on any atom is -0.350 e. The molecule has 1 aromatic rings. The highest BCUT2D eigenvalue weighted by atomic mass is 32.2. The van der Waals surface area contributed by atoms with Gasteiger partial charge in [-0.15, -0.1) is 0 Å². The Kier molecular flexibility index (Phi) is 4.18. The molecule has 0 aliphatic carbocycles. The third-order valence-electron chi connectivity index (χ3n) is 4.68. The zero-order valence-electron chi connectivity index (χ0n) is 15.1. The van der Waals surface area contributed by atoms with Crippen molar-refractivity contribution in [2.75, 3.05) is 6.61 Å². The molecular formula is C17H23NO7S. The Hall–Kier alpha value is -1.10. The minimum atomic E-state index is -3.87. The van der Waals surface area contributed by atoms with Crippen LogP contribution < -0.4 is 0 Å². The van der Waals surface area contributed by atoms with Crippen molar-refractivity contribution in [2.45, 2.75) is 74.1 Å². The molecular weight excluding hydrogens is 362 g/mol. The normalized spacial score (nSPS) is 38.4. The van der Waals surface area contributed by atoms with Gasteiger partial charge in [0.1, 0.15) is 24.4 Å². The van der Waals surface area contributed by atoms with Crippen molar-refractivity contribution in [1.82, 2.24) is 4.98 Å². The summed E-state index contributed by atoms with van der Waals surface area (Å²) in [5.74, 6) is -1.67. The summed E-state index contributed by atoms with van der Waals surface area (Å²) in [6.45, 7) is 7.40. The summed E-state index contributed by atoms with van der Waals surface area (Å²) in [6, 6.07) is 4.72. The molecule has 1 unspecified atom stereocenters. The van der Waals surface area contributed by atoms with Crippen molar-refractivity contribution < 1.29 is 32.1 Å². The van der Waals surface area contributed by atoms with Crippen molar-refractivity contribution in [3.8, 4) is 0 Å². The molecule has 144 valence electrons. The second-order valence-electron chi connectivity index (χ2n) is 7.61. The SMILES string of the molecule is CC1(C)O[C@H]2[C@@H]([C@H]3COC(C)(C)O3)OC(S(=O)(=O)c3ccccn3)[C@H]2O1. The largest absolute Gasteiger partial charge is 0.350 e. The van der Waals surface area contributed by atoms with Gasteiger partial charge in [0.15, 0.2) is 22.0 Å². The van der Waals surface area contributed by atoms with Gasteiger partial charge in [-0.25, -0.2) is 13.4 Å². The lowest BCUT2D eigenvalue weighted by Crippen LogP contribution is -2.40. The van der Waals surface area contributed by atoms with E-state index >= 15 is 0 Å². The van der Waals surface area contributed by atoms with Crippen LogP contribution in [0.15, 0.2) is 29.4 Å². The van der Waals surface area contributed by atoms with Crippen LogP contribution in [0.3, 0.4) is 0 Å². The number of fused-ring (bicyclic) bond motifs is 1. The van der Waals surface area contributed by atoms with Crippen LogP contribution in [0.2, 0.25) is 0 Å². The molecule has 3 fully saturated rings. The zero-order valence-corrected chi connectivity index (χ0v) is 15.9. The fraction of sp³-hybridized carbons (Fsp3) is 0.706. The quantitative estimate of drug-likeness (QED) is 0.768. The predicted molar refractivity (Wildman–Crippen MR) is 88.8 cm³/mol. The maximum atomic E-state index is 13.1. The van der Waals surface area contributed by atoms with Gasteiger partial charge in [0.05, 0.1) is 6.61 Å². The molecule has 0 N–H and O–H groups in total. The van der Waals surface area contributed by atoms with Gasteiger partial charge in [0.25, 0.3) is 0 Å². The first kappa shape index (κ1) is 18.3. The Morgan fingerprint density at radius 1 is 1.00 bits per heavy atom. The summed E-state index contributed by atoms with van der Waals surface area (Å²) in [5.41, 5.74) is -1.22. The average molecular weight is 385 g/mol. The lowest BCUT2D eigenvalue weighted by molar-refractivity contribution is -0.198. The van der Waals surface area contributed by atoms with Crippen molar-refractivity contribution in [2.24, 2.45) is 0 Å². The van der Waals surface area contributed by atoms with Gasteiger partial charge >= 0.3 is 0 Å². The van der Waals surface area contributed by atoms with E-state index in [2.05, 4.69) is 4.98 Å². The molecule has 26 heavy (non-hydrogen) atoms. The van der Waals surface area contributed by atoms with Crippen LogP contribution in [0.25, 0.3) is 0 Å². The van der Waals surface area contributed by atoms with Crippen molar-refractivity contribution in [3.05, 3.63) is 24.4 Å². The number of sulfone groups is 1. The summed E-state index contributed by atoms with van der Waals surface area (Å²) >= 11 is 0. The summed E-state index contributed by atoms with van der Waals surface area (Å²) in [6.07, 6.45) is -0.973. The van der Waals surface area contributed by atoms with E-state index in [0.717, 1.165) is 0 Å². The first-order chi connectivity index (χ1) is 12.1. The van der Waals surface area contributed by atoms with Crippen LogP contribution >= 0.6 is 0 Å². The molecule has 8 nitrogen and oxygen atoms in total. The Labute approximate surface area is 152 Å². The predicted octanol–water partition coefficient (Wildman–Crippen LogP) is 1.25. The minimum absolute atomic E-state index is 0.0540. The van der Waals surface area contributed by atoms with E-state index in [9.17, 15) is 8.42 Å². The fourth-order valence-corrected chi connectivity index (χ4v) is 5.20. The maximum Gasteiger partial charge on any atom is 0.225 e. The van der Waals surface area contributed by atoms with Crippen LogP contribution in [0, 0.1) is 0 Å². The van der Waals surface area contributed by atoms with Crippen LogP contribution in [-0.2, 0) is 33.5 Å². The average Bonchev–Trinajstić information content (AvgIpc) is 3.18. The Morgan fingerprint density at radius 2 is 1.73 bits per heavy atom. The molecule has 3 saturated heterocycles. The monoisotopic (exact) mass is 385 g/mol. The number of pyridine rings is 1. The van der Waals surface area contributed by atoms with Gasteiger partial charge < -0.3 is 23.7 Å². The number of nitrogens with zero attached hydrogens (tertiary/aromatic N) is 1. The van der Waals surface area contributed by atoms with Crippen molar-refractivity contribution >= 4 is 9.84 Å². The molecule has 0 radical (unpaired) electrons. The number of rotatable bonds is 3. The Bertz CT molecular complexity index is 780. The third-order valence-corrected chi connectivity index (χ3v) is 6.49. The summed E-state index contributed by atoms with van der Waals surface area (Å²) < 4.78 is 55.4. The van der Waals surface area contributed by atoms with Crippen LogP contribution in [0.1, 0.15) is 27.7 Å². The number of ether oxygens (including phenoxy) is 5. The molecule has 0 spiro atoms. The summed E-state index contributed by atoms with van der Waals surface area (Å²) in [7, 11) is -3.87. The number of hydrogen-bond donors (Lipinski definition) is 0. The van der Waals surface area contributed by atoms with Crippen molar-refractivity contribution in [3.63, 3.8) is 0 Å². The van der Waals surface area contributed by atoms with Crippen LogP contribution in [-0.4, -0.2) is 61.4 Å². The van der Waals surface area contributed by atoms with Gasteiger partial charge in [0.2, 0.25) is 9.84 Å². The summed E-state index contributed by atoms with van der Waals surface area (Å²) in [5, 5.41) is -0.0540. The second-order valence-corrected chi connectivity index (χ2v) is 9.59. The van der Waals surface area contributed by atoms with E-state index in [4.69, 9.17) is 23.7 Å². The zero-order chi connectivity index (χ0) is 18.7.